The quantitative estimate of drug-likeness (QED) is 0.701. The molecule has 142 valence electrons. The Morgan fingerprint density at radius 2 is 1.74 bits per heavy atom. The van der Waals surface area contributed by atoms with Crippen LogP contribution in [0, 0.1) is 6.92 Å². The number of primary sulfonamides is 1. The molecule has 0 aliphatic rings. The number of sulfonamides is 1. The van der Waals surface area contributed by atoms with Gasteiger partial charge in [-0.3, -0.25) is 4.90 Å². The van der Waals surface area contributed by atoms with Crippen LogP contribution in [0.1, 0.15) is 30.0 Å². The fraction of sp³-hybridized carbons (Fsp3) is 0.250. The minimum atomic E-state index is -3.68. The largest absolute Gasteiger partial charge is 0.441 e. The third kappa shape index (κ3) is 4.44. The Balaban J connectivity index is 1.75. The monoisotopic (exact) mass is 385 g/mol. The molecule has 6 nitrogen and oxygen atoms in total. The van der Waals surface area contributed by atoms with E-state index >= 15 is 0 Å². The molecule has 1 aromatic heterocycles. The SMILES string of the molecule is Cc1oc(-c2ccccc2)nc1CN(C)C(C)c1ccc(S(N)(=O)=O)cc1. The summed E-state index contributed by atoms with van der Waals surface area (Å²) in [7, 11) is -1.68. The van der Waals surface area contributed by atoms with E-state index in [1.165, 1.54) is 12.1 Å². The highest BCUT2D eigenvalue weighted by molar-refractivity contribution is 7.89. The van der Waals surface area contributed by atoms with Gasteiger partial charge >= 0.3 is 0 Å². The highest BCUT2D eigenvalue weighted by Crippen LogP contribution is 2.25. The van der Waals surface area contributed by atoms with Crippen molar-refractivity contribution in [3.8, 4) is 11.5 Å². The summed E-state index contributed by atoms with van der Waals surface area (Å²) in [4.78, 5) is 6.88. The number of hydrogen-bond donors (Lipinski definition) is 1. The summed E-state index contributed by atoms with van der Waals surface area (Å²) in [6, 6.07) is 16.5. The van der Waals surface area contributed by atoms with E-state index in [-0.39, 0.29) is 10.9 Å². The van der Waals surface area contributed by atoms with Gasteiger partial charge in [0.05, 0.1) is 10.6 Å². The summed E-state index contributed by atoms with van der Waals surface area (Å²) in [6.45, 7) is 4.58. The Bertz CT molecular complexity index is 1010. The Morgan fingerprint density at radius 3 is 2.33 bits per heavy atom. The van der Waals surface area contributed by atoms with Crippen LogP contribution in [-0.2, 0) is 16.6 Å². The molecule has 0 bridgehead atoms. The molecule has 0 spiro atoms. The van der Waals surface area contributed by atoms with E-state index in [0.717, 1.165) is 22.6 Å². The lowest BCUT2D eigenvalue weighted by Crippen LogP contribution is -2.22. The predicted octanol–water partition coefficient (Wildman–Crippen LogP) is 3.49. The van der Waals surface area contributed by atoms with Crippen molar-refractivity contribution in [1.29, 1.82) is 0 Å². The molecule has 27 heavy (non-hydrogen) atoms. The molecule has 0 saturated heterocycles. The van der Waals surface area contributed by atoms with Crippen LogP contribution >= 0.6 is 0 Å². The average Bonchev–Trinajstić information content (AvgIpc) is 3.02. The maximum Gasteiger partial charge on any atom is 0.238 e. The van der Waals surface area contributed by atoms with E-state index in [1.54, 1.807) is 12.1 Å². The van der Waals surface area contributed by atoms with Crippen LogP contribution in [0.2, 0.25) is 0 Å². The second-order valence-corrected chi connectivity index (χ2v) is 8.15. The van der Waals surface area contributed by atoms with Gasteiger partial charge in [0.15, 0.2) is 0 Å². The van der Waals surface area contributed by atoms with Gasteiger partial charge in [0.1, 0.15) is 5.76 Å². The van der Waals surface area contributed by atoms with Gasteiger partial charge in [-0.05, 0) is 50.7 Å². The van der Waals surface area contributed by atoms with Crippen LogP contribution in [0.4, 0.5) is 0 Å². The minimum absolute atomic E-state index is 0.0656. The average molecular weight is 385 g/mol. The van der Waals surface area contributed by atoms with Crippen molar-refractivity contribution in [3.05, 3.63) is 71.6 Å². The first kappa shape index (κ1) is 19.3. The molecule has 2 aromatic carbocycles. The first-order chi connectivity index (χ1) is 12.8. The number of aromatic nitrogens is 1. The van der Waals surface area contributed by atoms with Gasteiger partial charge in [-0.25, -0.2) is 18.5 Å². The maximum absolute atomic E-state index is 11.4. The molecular weight excluding hydrogens is 362 g/mol. The molecule has 3 aromatic rings. The number of hydrogen-bond acceptors (Lipinski definition) is 5. The molecule has 0 radical (unpaired) electrons. The number of nitrogens with zero attached hydrogens (tertiary/aromatic N) is 2. The van der Waals surface area contributed by atoms with Crippen molar-refractivity contribution in [2.45, 2.75) is 31.3 Å². The van der Waals surface area contributed by atoms with Crippen molar-refractivity contribution in [2.24, 2.45) is 5.14 Å². The molecule has 2 N–H and O–H groups in total. The zero-order valence-corrected chi connectivity index (χ0v) is 16.4. The predicted molar refractivity (Wildman–Crippen MR) is 104 cm³/mol. The Kier molecular flexibility index (Phi) is 5.46. The Labute approximate surface area is 159 Å². The first-order valence-electron chi connectivity index (χ1n) is 8.60. The summed E-state index contributed by atoms with van der Waals surface area (Å²) in [6.07, 6.45) is 0. The number of aryl methyl sites for hydroxylation is 1. The molecule has 0 amide bonds. The minimum Gasteiger partial charge on any atom is -0.441 e. The van der Waals surface area contributed by atoms with Gasteiger partial charge in [-0.2, -0.15) is 0 Å². The van der Waals surface area contributed by atoms with Gasteiger partial charge in [0, 0.05) is 18.2 Å². The van der Waals surface area contributed by atoms with Crippen LogP contribution in [0.5, 0.6) is 0 Å². The van der Waals surface area contributed by atoms with Gasteiger partial charge in [-0.1, -0.05) is 30.3 Å². The van der Waals surface area contributed by atoms with Crippen LogP contribution < -0.4 is 5.14 Å². The fourth-order valence-electron chi connectivity index (χ4n) is 2.84. The van der Waals surface area contributed by atoms with Crippen LogP contribution in [-0.4, -0.2) is 25.3 Å². The Hall–Kier alpha value is -2.48. The highest BCUT2D eigenvalue weighted by Gasteiger charge is 2.18. The molecule has 0 saturated carbocycles. The lowest BCUT2D eigenvalue weighted by atomic mass is 10.1. The summed E-state index contributed by atoms with van der Waals surface area (Å²) in [5.74, 6) is 1.40. The van der Waals surface area contributed by atoms with Gasteiger partial charge in [0.25, 0.3) is 0 Å². The maximum atomic E-state index is 11.4. The van der Waals surface area contributed by atoms with E-state index in [2.05, 4.69) is 16.8 Å². The number of benzene rings is 2. The van der Waals surface area contributed by atoms with E-state index < -0.39 is 10.0 Å². The van der Waals surface area contributed by atoms with E-state index in [0.29, 0.717) is 12.4 Å². The summed E-state index contributed by atoms with van der Waals surface area (Å²) in [5.41, 5.74) is 2.82. The smallest absolute Gasteiger partial charge is 0.238 e. The topological polar surface area (TPSA) is 89.4 Å². The molecule has 0 fully saturated rings. The molecule has 7 heteroatoms. The molecule has 1 atom stereocenters. The standard InChI is InChI=1S/C20H23N3O3S/c1-14(16-9-11-18(12-10-16)27(21,24)25)23(3)13-19-15(2)26-20(22-19)17-7-5-4-6-8-17/h4-12,14H,13H2,1-3H3,(H2,21,24,25). The Morgan fingerprint density at radius 1 is 1.11 bits per heavy atom. The lowest BCUT2D eigenvalue weighted by Gasteiger charge is -2.24. The van der Waals surface area contributed by atoms with Crippen LogP contribution in [0.25, 0.3) is 11.5 Å². The third-order valence-corrected chi connectivity index (χ3v) is 5.59. The van der Waals surface area contributed by atoms with Crippen molar-refractivity contribution < 1.29 is 12.8 Å². The second kappa shape index (κ2) is 7.64. The van der Waals surface area contributed by atoms with Crippen molar-refractivity contribution in [1.82, 2.24) is 9.88 Å². The fourth-order valence-corrected chi connectivity index (χ4v) is 3.36. The van der Waals surface area contributed by atoms with Gasteiger partial charge < -0.3 is 4.42 Å². The number of rotatable bonds is 6. The molecule has 0 aliphatic heterocycles. The molecular formula is C20H23N3O3S. The lowest BCUT2D eigenvalue weighted by molar-refractivity contribution is 0.249. The second-order valence-electron chi connectivity index (χ2n) is 6.59. The molecule has 1 heterocycles. The highest BCUT2D eigenvalue weighted by atomic mass is 32.2. The van der Waals surface area contributed by atoms with Gasteiger partial charge in [0.2, 0.25) is 15.9 Å². The zero-order chi connectivity index (χ0) is 19.6. The number of nitrogens with two attached hydrogens (primary N) is 1. The summed E-state index contributed by atoms with van der Waals surface area (Å²) >= 11 is 0. The molecule has 3 rings (SSSR count). The van der Waals surface area contributed by atoms with Crippen molar-refractivity contribution in [2.75, 3.05) is 7.05 Å². The van der Waals surface area contributed by atoms with Crippen molar-refractivity contribution >= 4 is 10.0 Å². The van der Waals surface area contributed by atoms with Crippen LogP contribution in [0.15, 0.2) is 63.9 Å². The summed E-state index contributed by atoms with van der Waals surface area (Å²) in [5, 5.41) is 5.15. The summed E-state index contributed by atoms with van der Waals surface area (Å²) < 4.78 is 28.6. The van der Waals surface area contributed by atoms with E-state index in [1.807, 2.05) is 44.3 Å². The van der Waals surface area contributed by atoms with Crippen LogP contribution in [0.3, 0.4) is 0 Å². The van der Waals surface area contributed by atoms with E-state index in [9.17, 15) is 8.42 Å². The first-order valence-corrected chi connectivity index (χ1v) is 10.1. The van der Waals surface area contributed by atoms with Gasteiger partial charge in [-0.15, -0.1) is 0 Å². The third-order valence-electron chi connectivity index (χ3n) is 4.66. The molecule has 0 aliphatic carbocycles. The van der Waals surface area contributed by atoms with Crippen molar-refractivity contribution in [3.63, 3.8) is 0 Å². The van der Waals surface area contributed by atoms with E-state index in [4.69, 9.17) is 9.56 Å². The molecule has 1 unspecified atom stereocenters. The number of oxazole rings is 1. The normalized spacial score (nSPS) is 13.1. The zero-order valence-electron chi connectivity index (χ0n) is 15.6.